The third-order valence-corrected chi connectivity index (χ3v) is 6.69. The SMILES string of the molecule is Cc1cc(Br)ccc1NC(=O)c1cc2cc(Br)ccc2n1NC(=O)C(=O)Nc1cccc(C)c1C. The number of aromatic nitrogens is 1. The van der Waals surface area contributed by atoms with Crippen LogP contribution in [0.25, 0.3) is 10.9 Å². The standard InChI is InChI=1S/C26H22Br2N4O3/c1-14-5-4-6-21(16(14)3)30-25(34)26(35)31-32-22-10-8-19(28)12-17(22)13-23(32)24(33)29-20-9-7-18(27)11-15(20)2/h4-13H,1-3H3,(H,29,33)(H,30,34)(H,31,35). The van der Waals surface area contributed by atoms with Crippen molar-refractivity contribution in [3.8, 4) is 0 Å². The van der Waals surface area contributed by atoms with Crippen molar-refractivity contribution >= 4 is 71.9 Å². The molecule has 4 aromatic rings. The maximum atomic E-state index is 13.2. The number of rotatable bonds is 4. The van der Waals surface area contributed by atoms with Gasteiger partial charge in [-0.05, 0) is 86.0 Å². The van der Waals surface area contributed by atoms with Gasteiger partial charge in [-0.15, -0.1) is 0 Å². The molecule has 1 aromatic heterocycles. The van der Waals surface area contributed by atoms with Crippen molar-refractivity contribution in [2.75, 3.05) is 16.1 Å². The first-order valence-electron chi connectivity index (χ1n) is 10.7. The zero-order valence-electron chi connectivity index (χ0n) is 19.2. The summed E-state index contributed by atoms with van der Waals surface area (Å²) in [7, 11) is 0. The molecule has 0 saturated heterocycles. The first-order chi connectivity index (χ1) is 16.6. The van der Waals surface area contributed by atoms with Crippen LogP contribution in [0, 0.1) is 20.8 Å². The average Bonchev–Trinajstić information content (AvgIpc) is 3.16. The number of aryl methyl sites for hydroxylation is 2. The van der Waals surface area contributed by atoms with Gasteiger partial charge >= 0.3 is 11.8 Å². The van der Waals surface area contributed by atoms with E-state index in [2.05, 4.69) is 47.9 Å². The number of hydrogen-bond acceptors (Lipinski definition) is 3. The minimum atomic E-state index is -0.903. The minimum absolute atomic E-state index is 0.174. The van der Waals surface area contributed by atoms with Crippen molar-refractivity contribution in [1.29, 1.82) is 0 Å². The molecule has 0 radical (unpaired) electrons. The molecule has 35 heavy (non-hydrogen) atoms. The second kappa shape index (κ2) is 10.1. The lowest BCUT2D eigenvalue weighted by atomic mass is 10.1. The maximum absolute atomic E-state index is 13.2. The summed E-state index contributed by atoms with van der Waals surface area (Å²) in [5.41, 5.74) is 7.24. The van der Waals surface area contributed by atoms with E-state index in [0.717, 1.165) is 25.6 Å². The molecule has 0 fully saturated rings. The third kappa shape index (κ3) is 5.31. The molecule has 3 aromatic carbocycles. The number of amides is 3. The highest BCUT2D eigenvalue weighted by Crippen LogP contribution is 2.25. The van der Waals surface area contributed by atoms with Crippen LogP contribution in [-0.2, 0) is 9.59 Å². The lowest BCUT2D eigenvalue weighted by Gasteiger charge is -2.14. The minimum Gasteiger partial charge on any atom is -0.320 e. The molecular weight excluding hydrogens is 576 g/mol. The molecule has 7 nitrogen and oxygen atoms in total. The van der Waals surface area contributed by atoms with Gasteiger partial charge < -0.3 is 10.6 Å². The van der Waals surface area contributed by atoms with E-state index in [1.165, 1.54) is 4.68 Å². The smallest absolute Gasteiger partial charge is 0.320 e. The van der Waals surface area contributed by atoms with Gasteiger partial charge in [-0.25, -0.2) is 4.68 Å². The van der Waals surface area contributed by atoms with E-state index >= 15 is 0 Å². The first kappa shape index (κ1) is 24.7. The fraction of sp³-hybridized carbons (Fsp3) is 0.115. The number of nitrogens with zero attached hydrogens (tertiary/aromatic N) is 1. The van der Waals surface area contributed by atoms with Gasteiger partial charge in [0.15, 0.2) is 0 Å². The lowest BCUT2D eigenvalue weighted by molar-refractivity contribution is -0.133. The van der Waals surface area contributed by atoms with Crippen LogP contribution in [0.4, 0.5) is 11.4 Å². The number of halogens is 2. The fourth-order valence-electron chi connectivity index (χ4n) is 3.65. The van der Waals surface area contributed by atoms with Gasteiger partial charge in [-0.1, -0.05) is 44.0 Å². The van der Waals surface area contributed by atoms with Crippen LogP contribution in [0.1, 0.15) is 27.2 Å². The Kier molecular flexibility index (Phi) is 7.09. The normalized spacial score (nSPS) is 10.8. The molecule has 0 atom stereocenters. The fourth-order valence-corrected chi connectivity index (χ4v) is 4.50. The van der Waals surface area contributed by atoms with Crippen molar-refractivity contribution in [3.05, 3.63) is 92.0 Å². The van der Waals surface area contributed by atoms with Crippen LogP contribution in [0.3, 0.4) is 0 Å². The number of anilines is 2. The molecule has 0 aliphatic carbocycles. The van der Waals surface area contributed by atoms with Gasteiger partial charge in [-0.3, -0.25) is 19.8 Å². The molecule has 0 saturated carbocycles. The van der Waals surface area contributed by atoms with E-state index in [9.17, 15) is 14.4 Å². The Morgan fingerprint density at radius 2 is 1.46 bits per heavy atom. The van der Waals surface area contributed by atoms with E-state index in [1.54, 1.807) is 36.4 Å². The summed E-state index contributed by atoms with van der Waals surface area (Å²) in [6.07, 6.45) is 0. The molecule has 1 heterocycles. The highest BCUT2D eigenvalue weighted by molar-refractivity contribution is 9.10. The molecule has 0 aliphatic rings. The monoisotopic (exact) mass is 596 g/mol. The van der Waals surface area contributed by atoms with Gasteiger partial charge in [0.05, 0.1) is 5.52 Å². The summed E-state index contributed by atoms with van der Waals surface area (Å²) in [6, 6.07) is 18.0. The van der Waals surface area contributed by atoms with Crippen molar-refractivity contribution in [2.45, 2.75) is 20.8 Å². The molecule has 0 spiro atoms. The molecule has 3 N–H and O–H groups in total. The van der Waals surface area contributed by atoms with Crippen molar-refractivity contribution in [3.63, 3.8) is 0 Å². The Morgan fingerprint density at radius 1 is 0.743 bits per heavy atom. The van der Waals surface area contributed by atoms with Gasteiger partial charge in [0.25, 0.3) is 5.91 Å². The molecule has 0 aliphatic heterocycles. The van der Waals surface area contributed by atoms with Gasteiger partial charge in [0, 0.05) is 25.7 Å². The highest BCUT2D eigenvalue weighted by Gasteiger charge is 2.22. The molecular formula is C26H22Br2N4O3. The van der Waals surface area contributed by atoms with E-state index in [0.29, 0.717) is 22.3 Å². The summed E-state index contributed by atoms with van der Waals surface area (Å²) in [4.78, 5) is 38.8. The van der Waals surface area contributed by atoms with Crippen LogP contribution < -0.4 is 16.1 Å². The summed E-state index contributed by atoms with van der Waals surface area (Å²) < 4.78 is 3.04. The van der Waals surface area contributed by atoms with E-state index in [1.807, 2.05) is 45.0 Å². The number of fused-ring (bicyclic) bond motifs is 1. The van der Waals surface area contributed by atoms with Crippen LogP contribution in [0.5, 0.6) is 0 Å². The third-order valence-electron chi connectivity index (χ3n) is 5.71. The molecule has 0 unspecified atom stereocenters. The van der Waals surface area contributed by atoms with Gasteiger partial charge in [-0.2, -0.15) is 0 Å². The predicted molar refractivity (Wildman–Crippen MR) is 145 cm³/mol. The average molecular weight is 598 g/mol. The summed E-state index contributed by atoms with van der Waals surface area (Å²) in [6.45, 7) is 5.67. The largest absolute Gasteiger partial charge is 0.328 e. The summed E-state index contributed by atoms with van der Waals surface area (Å²) in [5.74, 6) is -2.18. The summed E-state index contributed by atoms with van der Waals surface area (Å²) in [5, 5.41) is 6.24. The Labute approximate surface area is 219 Å². The van der Waals surface area contributed by atoms with E-state index in [4.69, 9.17) is 0 Å². The molecule has 9 heteroatoms. The number of carbonyl (C=O) groups excluding carboxylic acids is 3. The number of hydrogen-bond donors (Lipinski definition) is 3. The van der Waals surface area contributed by atoms with E-state index in [-0.39, 0.29) is 5.69 Å². The maximum Gasteiger partial charge on any atom is 0.328 e. The van der Waals surface area contributed by atoms with Crippen LogP contribution in [0.2, 0.25) is 0 Å². The van der Waals surface area contributed by atoms with E-state index < -0.39 is 17.7 Å². The number of carbonyl (C=O) groups is 3. The first-order valence-corrected chi connectivity index (χ1v) is 12.3. The lowest BCUT2D eigenvalue weighted by Crippen LogP contribution is -2.36. The van der Waals surface area contributed by atoms with Crippen molar-refractivity contribution < 1.29 is 14.4 Å². The quantitative estimate of drug-likeness (QED) is 0.250. The molecule has 0 bridgehead atoms. The Morgan fingerprint density at radius 3 is 2.20 bits per heavy atom. The number of benzene rings is 3. The van der Waals surface area contributed by atoms with Gasteiger partial charge in [0.1, 0.15) is 5.69 Å². The van der Waals surface area contributed by atoms with Gasteiger partial charge in [0.2, 0.25) is 0 Å². The second-order valence-corrected chi connectivity index (χ2v) is 9.96. The van der Waals surface area contributed by atoms with Crippen LogP contribution in [0.15, 0.2) is 69.6 Å². The predicted octanol–water partition coefficient (Wildman–Crippen LogP) is 6.05. The Bertz CT molecular complexity index is 1490. The molecule has 178 valence electrons. The zero-order valence-corrected chi connectivity index (χ0v) is 22.4. The number of nitrogens with one attached hydrogen (secondary N) is 3. The van der Waals surface area contributed by atoms with Crippen LogP contribution >= 0.6 is 31.9 Å². The molecule has 3 amide bonds. The zero-order chi connectivity index (χ0) is 25.3. The Balaban J connectivity index is 1.65. The molecule has 4 rings (SSSR count). The summed E-state index contributed by atoms with van der Waals surface area (Å²) >= 11 is 6.85. The second-order valence-electron chi connectivity index (χ2n) is 8.12. The van der Waals surface area contributed by atoms with Crippen LogP contribution in [-0.4, -0.2) is 22.4 Å². The van der Waals surface area contributed by atoms with Crippen molar-refractivity contribution in [2.24, 2.45) is 0 Å². The highest BCUT2D eigenvalue weighted by atomic mass is 79.9. The topological polar surface area (TPSA) is 92.2 Å². The Hall–Kier alpha value is -3.43. The van der Waals surface area contributed by atoms with Crippen molar-refractivity contribution in [1.82, 2.24) is 4.68 Å².